The number of nitrogens with zero attached hydrogens (tertiary/aromatic N) is 4. The molecule has 7 heteroatoms. The number of benzene rings is 1. The second-order valence-electron chi connectivity index (χ2n) is 6.45. The molecule has 0 aliphatic carbocycles. The first-order valence-corrected chi connectivity index (χ1v) is 8.63. The summed E-state index contributed by atoms with van der Waals surface area (Å²) >= 11 is 0. The lowest BCUT2D eigenvalue weighted by Crippen LogP contribution is -2.33. The van der Waals surface area contributed by atoms with E-state index in [9.17, 15) is 9.18 Å². The molecular formula is C19H19FN4O2. The first kappa shape index (κ1) is 16.5. The molecule has 0 unspecified atom stereocenters. The second kappa shape index (κ2) is 7.11. The van der Waals surface area contributed by atoms with Gasteiger partial charge in [-0.2, -0.15) is 0 Å². The molecule has 1 amide bonds. The fourth-order valence-electron chi connectivity index (χ4n) is 3.31. The summed E-state index contributed by atoms with van der Waals surface area (Å²) < 4.78 is 20.7. The number of halogens is 1. The van der Waals surface area contributed by atoms with Gasteiger partial charge in [0.05, 0.1) is 12.5 Å². The van der Waals surface area contributed by atoms with Crippen LogP contribution in [0.15, 0.2) is 53.6 Å². The van der Waals surface area contributed by atoms with Gasteiger partial charge in [0.1, 0.15) is 24.2 Å². The highest BCUT2D eigenvalue weighted by Gasteiger charge is 2.33. The molecule has 0 bridgehead atoms. The van der Waals surface area contributed by atoms with Crippen LogP contribution in [0.3, 0.4) is 0 Å². The zero-order valence-corrected chi connectivity index (χ0v) is 14.2. The molecule has 4 rings (SSSR count). The Bertz CT molecular complexity index is 873. The lowest BCUT2D eigenvalue weighted by atomic mass is 10.1. The van der Waals surface area contributed by atoms with Gasteiger partial charge in [-0.3, -0.25) is 4.79 Å². The average molecular weight is 354 g/mol. The normalized spacial score (nSPS) is 17.0. The van der Waals surface area contributed by atoms with Crippen molar-refractivity contribution in [2.45, 2.75) is 31.8 Å². The Morgan fingerprint density at radius 1 is 1.31 bits per heavy atom. The van der Waals surface area contributed by atoms with E-state index in [-0.39, 0.29) is 24.3 Å². The van der Waals surface area contributed by atoms with Gasteiger partial charge < -0.3 is 13.9 Å². The summed E-state index contributed by atoms with van der Waals surface area (Å²) in [5.41, 5.74) is 0.952. The molecule has 2 aromatic heterocycles. The Balaban J connectivity index is 1.45. The highest BCUT2D eigenvalue weighted by atomic mass is 19.1. The summed E-state index contributed by atoms with van der Waals surface area (Å²) in [6.45, 7) is 0.966. The second-order valence-corrected chi connectivity index (χ2v) is 6.45. The molecule has 3 aromatic rings. The van der Waals surface area contributed by atoms with Crippen molar-refractivity contribution in [1.29, 1.82) is 0 Å². The molecule has 6 nitrogen and oxygen atoms in total. The fraction of sp³-hybridized carbons (Fsp3) is 0.316. The molecule has 134 valence electrons. The molecule has 0 radical (unpaired) electrons. The molecule has 1 aliphatic rings. The number of rotatable bonds is 5. The van der Waals surface area contributed by atoms with E-state index in [1.165, 1.54) is 12.1 Å². The van der Waals surface area contributed by atoms with Crippen LogP contribution in [0.5, 0.6) is 0 Å². The van der Waals surface area contributed by atoms with Gasteiger partial charge in [-0.25, -0.2) is 14.4 Å². The van der Waals surface area contributed by atoms with E-state index in [4.69, 9.17) is 4.42 Å². The number of hydrogen-bond acceptors (Lipinski definition) is 4. The molecule has 26 heavy (non-hydrogen) atoms. The van der Waals surface area contributed by atoms with E-state index in [0.29, 0.717) is 24.6 Å². The molecular weight excluding hydrogens is 335 g/mol. The van der Waals surface area contributed by atoms with Crippen LogP contribution in [0.4, 0.5) is 4.39 Å². The van der Waals surface area contributed by atoms with Crippen molar-refractivity contribution < 1.29 is 13.6 Å². The quantitative estimate of drug-likeness (QED) is 0.707. The van der Waals surface area contributed by atoms with Crippen LogP contribution in [0.2, 0.25) is 0 Å². The summed E-state index contributed by atoms with van der Waals surface area (Å²) in [5.74, 6) is 1.05. The van der Waals surface area contributed by atoms with E-state index < -0.39 is 0 Å². The number of imidazole rings is 1. The molecule has 0 spiro atoms. The van der Waals surface area contributed by atoms with Gasteiger partial charge in [0.15, 0.2) is 0 Å². The Morgan fingerprint density at radius 2 is 2.15 bits per heavy atom. The van der Waals surface area contributed by atoms with Crippen LogP contribution >= 0.6 is 0 Å². The summed E-state index contributed by atoms with van der Waals surface area (Å²) in [7, 11) is 0. The largest absolute Gasteiger partial charge is 0.443 e. The van der Waals surface area contributed by atoms with Crippen LogP contribution in [0, 0.1) is 5.82 Å². The number of aromatic nitrogens is 3. The summed E-state index contributed by atoms with van der Waals surface area (Å²) in [4.78, 5) is 22.8. The van der Waals surface area contributed by atoms with Gasteiger partial charge in [-0.05, 0) is 30.5 Å². The molecule has 1 saturated heterocycles. The van der Waals surface area contributed by atoms with Gasteiger partial charge in [-0.1, -0.05) is 12.1 Å². The molecule has 0 N–H and O–H groups in total. The van der Waals surface area contributed by atoms with Gasteiger partial charge in [0.25, 0.3) is 0 Å². The van der Waals surface area contributed by atoms with Crippen molar-refractivity contribution in [2.24, 2.45) is 0 Å². The lowest BCUT2D eigenvalue weighted by molar-refractivity contribution is -0.133. The molecule has 0 saturated carbocycles. The van der Waals surface area contributed by atoms with E-state index in [2.05, 4.69) is 9.97 Å². The number of oxazole rings is 1. The van der Waals surface area contributed by atoms with E-state index in [1.807, 2.05) is 4.90 Å². The molecule has 3 heterocycles. The van der Waals surface area contributed by atoms with Crippen LogP contribution in [0.25, 0.3) is 0 Å². The van der Waals surface area contributed by atoms with Crippen LogP contribution < -0.4 is 0 Å². The number of amides is 1. The van der Waals surface area contributed by atoms with Gasteiger partial charge in [-0.15, -0.1) is 0 Å². The standard InChI is InChI=1S/C19H19FN4O2/c20-15-5-3-14(4-6-15)10-16-11-22-19(26-16)17-2-1-8-24(17)18(25)12-23-9-7-21-13-23/h3-7,9,11,13,17H,1-2,8,10,12H2/t17-/m0/s1. The Hall–Kier alpha value is -2.96. The topological polar surface area (TPSA) is 64.2 Å². The minimum absolute atomic E-state index is 0.0313. The van der Waals surface area contributed by atoms with E-state index in [0.717, 1.165) is 18.4 Å². The summed E-state index contributed by atoms with van der Waals surface area (Å²) in [6, 6.07) is 6.19. The number of carbonyl (C=O) groups excluding carboxylic acids is 1. The van der Waals surface area contributed by atoms with Gasteiger partial charge in [0.2, 0.25) is 11.8 Å². The summed E-state index contributed by atoms with van der Waals surface area (Å²) in [6.07, 6.45) is 9.06. The number of hydrogen-bond donors (Lipinski definition) is 0. The molecule has 1 fully saturated rings. The monoisotopic (exact) mass is 354 g/mol. The van der Waals surface area contributed by atoms with Crippen molar-refractivity contribution in [3.63, 3.8) is 0 Å². The smallest absolute Gasteiger partial charge is 0.243 e. The first-order valence-electron chi connectivity index (χ1n) is 8.63. The minimum Gasteiger partial charge on any atom is -0.443 e. The fourth-order valence-corrected chi connectivity index (χ4v) is 3.31. The Morgan fingerprint density at radius 3 is 2.92 bits per heavy atom. The maximum Gasteiger partial charge on any atom is 0.243 e. The maximum atomic E-state index is 13.0. The van der Waals surface area contributed by atoms with Crippen LogP contribution in [-0.4, -0.2) is 31.9 Å². The molecule has 1 aliphatic heterocycles. The third-order valence-corrected chi connectivity index (χ3v) is 4.60. The molecule has 1 atom stereocenters. The van der Waals surface area contributed by atoms with Crippen molar-refractivity contribution in [2.75, 3.05) is 6.54 Å². The summed E-state index contributed by atoms with van der Waals surface area (Å²) in [5, 5.41) is 0. The maximum absolute atomic E-state index is 13.0. The van der Waals surface area contributed by atoms with Gasteiger partial charge in [0, 0.05) is 25.4 Å². The van der Waals surface area contributed by atoms with Gasteiger partial charge >= 0.3 is 0 Å². The Kier molecular flexibility index (Phi) is 4.51. The SMILES string of the molecule is O=C(Cn1ccnc1)N1CCC[C@H]1c1ncc(Cc2ccc(F)cc2)o1. The van der Waals surface area contributed by atoms with E-state index >= 15 is 0 Å². The van der Waals surface area contributed by atoms with Crippen LogP contribution in [0.1, 0.15) is 36.1 Å². The zero-order valence-electron chi connectivity index (χ0n) is 14.2. The van der Waals surface area contributed by atoms with E-state index in [1.54, 1.807) is 41.6 Å². The zero-order chi connectivity index (χ0) is 17.9. The van der Waals surface area contributed by atoms with Crippen molar-refractivity contribution in [3.8, 4) is 0 Å². The van der Waals surface area contributed by atoms with Crippen LogP contribution in [-0.2, 0) is 17.8 Å². The minimum atomic E-state index is -0.259. The predicted molar refractivity (Wildman–Crippen MR) is 91.6 cm³/mol. The predicted octanol–water partition coefficient (Wildman–Crippen LogP) is 2.96. The number of carbonyl (C=O) groups is 1. The highest BCUT2D eigenvalue weighted by molar-refractivity contribution is 5.76. The number of likely N-dealkylation sites (tertiary alicyclic amines) is 1. The Labute approximate surface area is 150 Å². The van der Waals surface area contributed by atoms with Crippen molar-refractivity contribution in [1.82, 2.24) is 19.4 Å². The van der Waals surface area contributed by atoms with Crippen molar-refractivity contribution >= 4 is 5.91 Å². The lowest BCUT2D eigenvalue weighted by Gasteiger charge is -2.22. The average Bonchev–Trinajstić information content (AvgIpc) is 3.37. The first-order chi connectivity index (χ1) is 12.7. The highest BCUT2D eigenvalue weighted by Crippen LogP contribution is 2.32. The molecule has 1 aromatic carbocycles. The third-order valence-electron chi connectivity index (χ3n) is 4.60. The van der Waals surface area contributed by atoms with Crippen molar-refractivity contribution in [3.05, 3.63) is 72.2 Å². The third kappa shape index (κ3) is 3.51.